The van der Waals surface area contributed by atoms with Gasteiger partial charge in [-0.15, -0.1) is 0 Å². The fourth-order valence-corrected chi connectivity index (χ4v) is 1.39. The van der Waals surface area contributed by atoms with Crippen LogP contribution in [0.4, 0.5) is 4.39 Å². The van der Waals surface area contributed by atoms with E-state index < -0.39 is 6.17 Å². The van der Waals surface area contributed by atoms with Gasteiger partial charge >= 0.3 is 5.97 Å². The Morgan fingerprint density at radius 3 is 3.08 bits per heavy atom. The molecule has 1 saturated heterocycles. The lowest BCUT2D eigenvalue weighted by molar-refractivity contribution is -0.142. The number of piperidine rings is 1. The molecule has 70 valence electrons. The number of carbonyl (C=O) groups excluding carboxylic acids is 1. The van der Waals surface area contributed by atoms with Crippen molar-refractivity contribution in [3.63, 3.8) is 0 Å². The van der Waals surface area contributed by atoms with Gasteiger partial charge in [0.1, 0.15) is 6.17 Å². The quantitative estimate of drug-likeness (QED) is 0.621. The van der Waals surface area contributed by atoms with Crippen molar-refractivity contribution in [2.45, 2.75) is 19.0 Å². The van der Waals surface area contributed by atoms with Crippen LogP contribution in [-0.2, 0) is 9.53 Å². The number of methoxy groups -OCH3 is 1. The van der Waals surface area contributed by atoms with Crippen molar-refractivity contribution in [2.24, 2.45) is 5.92 Å². The molecular weight excluding hydrogens is 161 g/mol. The zero-order valence-corrected chi connectivity index (χ0v) is 7.18. The molecule has 0 saturated carbocycles. The third-order valence-electron chi connectivity index (χ3n) is 2.17. The molecule has 0 aromatic rings. The van der Waals surface area contributed by atoms with Crippen molar-refractivity contribution in [3.05, 3.63) is 0 Å². The minimum absolute atomic E-state index is 0.185. The van der Waals surface area contributed by atoms with Gasteiger partial charge in [0.05, 0.1) is 13.5 Å². The largest absolute Gasteiger partial charge is 0.469 e. The molecule has 2 unspecified atom stereocenters. The Bertz CT molecular complexity index is 163. The van der Waals surface area contributed by atoms with E-state index >= 15 is 0 Å². The number of esters is 1. The smallest absolute Gasteiger partial charge is 0.305 e. The molecule has 0 aromatic heterocycles. The van der Waals surface area contributed by atoms with Gasteiger partial charge in [0.15, 0.2) is 0 Å². The topological polar surface area (TPSA) is 38.3 Å². The molecule has 1 aliphatic heterocycles. The number of ether oxygens (including phenoxy) is 1. The maximum Gasteiger partial charge on any atom is 0.305 e. The van der Waals surface area contributed by atoms with Crippen molar-refractivity contribution in [1.29, 1.82) is 0 Å². The van der Waals surface area contributed by atoms with Gasteiger partial charge in [0.25, 0.3) is 0 Å². The Kier molecular flexibility index (Phi) is 3.47. The van der Waals surface area contributed by atoms with E-state index in [-0.39, 0.29) is 18.3 Å². The summed E-state index contributed by atoms with van der Waals surface area (Å²) >= 11 is 0. The lowest BCUT2D eigenvalue weighted by atomic mass is 9.94. The molecule has 3 nitrogen and oxygen atoms in total. The lowest BCUT2D eigenvalue weighted by Crippen LogP contribution is -2.38. The molecule has 1 fully saturated rings. The number of halogens is 1. The number of nitrogens with one attached hydrogen (secondary N) is 1. The van der Waals surface area contributed by atoms with Gasteiger partial charge in [-0.25, -0.2) is 4.39 Å². The highest BCUT2D eigenvalue weighted by Gasteiger charge is 2.26. The van der Waals surface area contributed by atoms with E-state index in [1.165, 1.54) is 7.11 Å². The second kappa shape index (κ2) is 4.40. The third kappa shape index (κ3) is 2.44. The summed E-state index contributed by atoms with van der Waals surface area (Å²) in [4.78, 5) is 10.8. The monoisotopic (exact) mass is 175 g/mol. The van der Waals surface area contributed by atoms with Gasteiger partial charge in [-0.1, -0.05) is 0 Å². The molecule has 12 heavy (non-hydrogen) atoms. The van der Waals surface area contributed by atoms with E-state index in [2.05, 4.69) is 10.1 Å². The molecule has 0 bridgehead atoms. The Hall–Kier alpha value is -0.640. The predicted octanol–water partition coefficient (Wildman–Crippen LogP) is 0.497. The average Bonchev–Trinajstić information content (AvgIpc) is 2.09. The van der Waals surface area contributed by atoms with E-state index in [0.29, 0.717) is 19.5 Å². The fourth-order valence-electron chi connectivity index (χ4n) is 1.39. The first-order chi connectivity index (χ1) is 5.74. The van der Waals surface area contributed by atoms with E-state index in [1.807, 2.05) is 0 Å². The minimum Gasteiger partial charge on any atom is -0.469 e. The first-order valence-corrected chi connectivity index (χ1v) is 4.15. The van der Waals surface area contributed by atoms with Crippen LogP contribution in [0.5, 0.6) is 0 Å². The number of hydrogen-bond donors (Lipinski definition) is 1. The van der Waals surface area contributed by atoms with Crippen molar-refractivity contribution < 1.29 is 13.9 Å². The molecule has 1 heterocycles. The van der Waals surface area contributed by atoms with Crippen molar-refractivity contribution in [3.8, 4) is 0 Å². The summed E-state index contributed by atoms with van der Waals surface area (Å²) < 4.78 is 17.6. The summed E-state index contributed by atoms with van der Waals surface area (Å²) in [5.74, 6) is -0.530. The van der Waals surface area contributed by atoms with Crippen LogP contribution in [0, 0.1) is 5.92 Å². The van der Waals surface area contributed by atoms with Crippen LogP contribution in [0.15, 0.2) is 0 Å². The normalized spacial score (nSPS) is 29.8. The van der Waals surface area contributed by atoms with Crippen molar-refractivity contribution in [1.82, 2.24) is 5.32 Å². The molecule has 2 atom stereocenters. The Morgan fingerprint density at radius 1 is 1.75 bits per heavy atom. The Labute approximate surface area is 71.3 Å². The summed E-state index contributed by atoms with van der Waals surface area (Å²) in [6.45, 7) is 1.29. The van der Waals surface area contributed by atoms with Crippen LogP contribution in [0.2, 0.25) is 0 Å². The second-order valence-corrected chi connectivity index (χ2v) is 3.05. The lowest BCUT2D eigenvalue weighted by Gasteiger charge is -2.25. The van der Waals surface area contributed by atoms with Crippen LogP contribution in [0.1, 0.15) is 12.8 Å². The molecule has 0 amide bonds. The standard InChI is InChI=1S/C8H14FNO2/c1-12-8(11)4-6-5-10-3-2-7(6)9/h6-7,10H,2-5H2,1H3. The molecule has 1 aliphatic rings. The van der Waals surface area contributed by atoms with Gasteiger partial charge in [-0.3, -0.25) is 4.79 Å². The zero-order valence-electron chi connectivity index (χ0n) is 7.18. The van der Waals surface area contributed by atoms with Gasteiger partial charge in [-0.2, -0.15) is 0 Å². The molecule has 0 radical (unpaired) electrons. The predicted molar refractivity (Wildman–Crippen MR) is 42.5 cm³/mol. The second-order valence-electron chi connectivity index (χ2n) is 3.05. The maximum absolute atomic E-state index is 13.1. The minimum atomic E-state index is -0.856. The SMILES string of the molecule is COC(=O)CC1CNCCC1F. The summed E-state index contributed by atoms with van der Waals surface area (Å²) in [7, 11) is 1.33. The number of rotatable bonds is 2. The first-order valence-electron chi connectivity index (χ1n) is 4.15. The highest BCUT2D eigenvalue weighted by molar-refractivity contribution is 5.69. The van der Waals surface area contributed by atoms with Crippen LogP contribution in [0.3, 0.4) is 0 Å². The number of alkyl halides is 1. The molecule has 1 N–H and O–H groups in total. The summed E-state index contributed by atoms with van der Waals surface area (Å²) in [5.41, 5.74) is 0. The van der Waals surface area contributed by atoms with Crippen LogP contribution >= 0.6 is 0 Å². The third-order valence-corrected chi connectivity index (χ3v) is 2.17. The van der Waals surface area contributed by atoms with Crippen LogP contribution in [-0.4, -0.2) is 32.3 Å². The number of hydrogen-bond acceptors (Lipinski definition) is 3. The van der Waals surface area contributed by atoms with Crippen LogP contribution < -0.4 is 5.32 Å². The Balaban J connectivity index is 2.33. The van der Waals surface area contributed by atoms with Crippen molar-refractivity contribution in [2.75, 3.05) is 20.2 Å². The average molecular weight is 175 g/mol. The molecule has 0 spiro atoms. The van der Waals surface area contributed by atoms with Gasteiger partial charge < -0.3 is 10.1 Å². The van der Waals surface area contributed by atoms with Crippen molar-refractivity contribution >= 4 is 5.97 Å². The van der Waals surface area contributed by atoms with Gasteiger partial charge in [0, 0.05) is 12.5 Å². The molecule has 4 heteroatoms. The summed E-state index contributed by atoms with van der Waals surface area (Å²) in [5, 5.41) is 3.05. The fraction of sp³-hybridized carbons (Fsp3) is 0.875. The van der Waals surface area contributed by atoms with E-state index in [1.54, 1.807) is 0 Å². The molecule has 0 aromatic carbocycles. The Morgan fingerprint density at radius 2 is 2.50 bits per heavy atom. The van der Waals surface area contributed by atoms with E-state index in [9.17, 15) is 9.18 Å². The van der Waals surface area contributed by atoms with Crippen LogP contribution in [0.25, 0.3) is 0 Å². The van der Waals surface area contributed by atoms with E-state index in [0.717, 1.165) is 0 Å². The molecule has 0 aliphatic carbocycles. The number of carbonyl (C=O) groups is 1. The highest BCUT2D eigenvalue weighted by Crippen LogP contribution is 2.18. The van der Waals surface area contributed by atoms with E-state index in [4.69, 9.17) is 0 Å². The van der Waals surface area contributed by atoms with Gasteiger partial charge in [0.2, 0.25) is 0 Å². The maximum atomic E-state index is 13.1. The van der Waals surface area contributed by atoms with Gasteiger partial charge in [-0.05, 0) is 13.0 Å². The molecular formula is C8H14FNO2. The summed E-state index contributed by atoms with van der Waals surface area (Å²) in [6.07, 6.45) is -0.169. The first kappa shape index (κ1) is 9.45. The highest BCUT2D eigenvalue weighted by atomic mass is 19.1. The molecule has 1 rings (SSSR count). The zero-order chi connectivity index (χ0) is 8.97. The summed E-state index contributed by atoms with van der Waals surface area (Å²) in [6, 6.07) is 0.